The number of methoxy groups -OCH3 is 1. The Hall–Kier alpha value is -2.74. The second kappa shape index (κ2) is 9.82. The number of benzene rings is 1. The number of aromatic nitrogens is 2. The average molecular weight is 397 g/mol. The minimum absolute atomic E-state index is 0.367. The van der Waals surface area contributed by atoms with E-state index < -0.39 is 17.6 Å². The van der Waals surface area contributed by atoms with E-state index in [9.17, 15) is 9.59 Å². The SMILES string of the molecule is COc1ccc(OCCCCCCc2nc(C(=O)O)c(C(=O)O)[nH]2)c(Cl)c1. The summed E-state index contributed by atoms with van der Waals surface area (Å²) in [5.74, 6) is -1.05. The molecule has 146 valence electrons. The third-order valence-corrected chi connectivity index (χ3v) is 4.17. The third-order valence-electron chi connectivity index (χ3n) is 3.87. The van der Waals surface area contributed by atoms with E-state index in [1.807, 2.05) is 0 Å². The van der Waals surface area contributed by atoms with Gasteiger partial charge in [0.2, 0.25) is 0 Å². The molecule has 0 aliphatic carbocycles. The van der Waals surface area contributed by atoms with Crippen molar-refractivity contribution in [1.29, 1.82) is 0 Å². The fraction of sp³-hybridized carbons (Fsp3) is 0.389. The zero-order valence-electron chi connectivity index (χ0n) is 14.8. The van der Waals surface area contributed by atoms with E-state index in [1.54, 1.807) is 25.3 Å². The second-order valence-corrected chi connectivity index (χ2v) is 6.23. The highest BCUT2D eigenvalue weighted by molar-refractivity contribution is 6.32. The van der Waals surface area contributed by atoms with E-state index in [-0.39, 0.29) is 5.69 Å². The van der Waals surface area contributed by atoms with Gasteiger partial charge in [0.15, 0.2) is 11.4 Å². The number of nitrogens with one attached hydrogen (secondary N) is 1. The van der Waals surface area contributed by atoms with Gasteiger partial charge in [-0.3, -0.25) is 0 Å². The number of rotatable bonds is 11. The van der Waals surface area contributed by atoms with Crippen molar-refractivity contribution in [2.24, 2.45) is 0 Å². The van der Waals surface area contributed by atoms with Gasteiger partial charge in [-0.25, -0.2) is 14.6 Å². The van der Waals surface area contributed by atoms with Gasteiger partial charge in [-0.2, -0.15) is 0 Å². The number of unbranched alkanes of at least 4 members (excludes halogenated alkanes) is 3. The summed E-state index contributed by atoms with van der Waals surface area (Å²) in [7, 11) is 1.57. The Bertz CT molecular complexity index is 774. The Kier molecular flexibility index (Phi) is 7.48. The lowest BCUT2D eigenvalue weighted by molar-refractivity contribution is 0.0644. The van der Waals surface area contributed by atoms with Crippen LogP contribution in [0, 0.1) is 0 Å². The summed E-state index contributed by atoms with van der Waals surface area (Å²) in [6.07, 6.45) is 3.87. The summed E-state index contributed by atoms with van der Waals surface area (Å²) in [6, 6.07) is 5.23. The number of aryl methyl sites for hydroxylation is 1. The molecule has 0 fully saturated rings. The summed E-state index contributed by atoms with van der Waals surface area (Å²) < 4.78 is 10.7. The molecule has 0 amide bonds. The molecule has 0 radical (unpaired) electrons. The molecule has 9 heteroatoms. The topological polar surface area (TPSA) is 122 Å². The minimum Gasteiger partial charge on any atom is -0.497 e. The van der Waals surface area contributed by atoms with Crippen LogP contribution < -0.4 is 9.47 Å². The molecule has 1 aromatic heterocycles. The molecule has 1 heterocycles. The molecule has 27 heavy (non-hydrogen) atoms. The summed E-state index contributed by atoms with van der Waals surface area (Å²) in [5.41, 5.74) is -0.843. The van der Waals surface area contributed by atoms with Crippen LogP contribution in [-0.2, 0) is 6.42 Å². The number of hydrogen-bond acceptors (Lipinski definition) is 5. The molecule has 0 saturated heterocycles. The van der Waals surface area contributed by atoms with Crippen molar-refractivity contribution in [2.75, 3.05) is 13.7 Å². The van der Waals surface area contributed by atoms with Crippen LogP contribution in [0.5, 0.6) is 11.5 Å². The Labute approximate surface area is 161 Å². The Morgan fingerprint density at radius 1 is 1.15 bits per heavy atom. The van der Waals surface area contributed by atoms with Crippen molar-refractivity contribution in [3.63, 3.8) is 0 Å². The predicted octanol–water partition coefficient (Wildman–Crippen LogP) is 3.65. The molecule has 0 saturated carbocycles. The molecule has 8 nitrogen and oxygen atoms in total. The number of hydrogen-bond donors (Lipinski definition) is 3. The normalized spacial score (nSPS) is 10.6. The van der Waals surface area contributed by atoms with Gasteiger partial charge in [0.25, 0.3) is 0 Å². The number of nitrogens with zero attached hydrogens (tertiary/aromatic N) is 1. The number of carboxylic acid groups (broad SMARTS) is 2. The van der Waals surface area contributed by atoms with Crippen molar-refractivity contribution in [3.8, 4) is 11.5 Å². The van der Waals surface area contributed by atoms with Gasteiger partial charge >= 0.3 is 11.9 Å². The Balaban J connectivity index is 1.68. The first-order valence-electron chi connectivity index (χ1n) is 8.44. The lowest BCUT2D eigenvalue weighted by atomic mass is 10.1. The van der Waals surface area contributed by atoms with E-state index in [2.05, 4.69) is 9.97 Å². The molecule has 3 N–H and O–H groups in total. The standard InChI is InChI=1S/C18H21ClN2O6/c1-26-11-7-8-13(12(19)10-11)27-9-5-3-2-4-6-14-20-15(17(22)23)16(21-14)18(24)25/h7-8,10H,2-6,9H2,1H3,(H,20,21)(H,22,23)(H,24,25). The maximum atomic E-state index is 11.0. The van der Waals surface area contributed by atoms with E-state index in [4.69, 9.17) is 31.3 Å². The highest BCUT2D eigenvalue weighted by Crippen LogP contribution is 2.28. The van der Waals surface area contributed by atoms with Gasteiger partial charge in [0.05, 0.1) is 18.7 Å². The number of carboxylic acids is 2. The van der Waals surface area contributed by atoms with Crippen LogP contribution in [0.2, 0.25) is 5.02 Å². The lowest BCUT2D eigenvalue weighted by Gasteiger charge is -2.09. The van der Waals surface area contributed by atoms with Crippen LogP contribution >= 0.6 is 11.6 Å². The van der Waals surface area contributed by atoms with Crippen LogP contribution in [-0.4, -0.2) is 45.8 Å². The molecular weight excluding hydrogens is 376 g/mol. The highest BCUT2D eigenvalue weighted by Gasteiger charge is 2.21. The number of H-pyrrole nitrogens is 1. The van der Waals surface area contributed by atoms with Gasteiger partial charge < -0.3 is 24.7 Å². The first-order valence-corrected chi connectivity index (χ1v) is 8.82. The molecule has 2 rings (SSSR count). The fourth-order valence-corrected chi connectivity index (χ4v) is 2.73. The van der Waals surface area contributed by atoms with Gasteiger partial charge in [-0.05, 0) is 25.0 Å². The summed E-state index contributed by atoms with van der Waals surface area (Å²) in [6.45, 7) is 0.527. The molecule has 0 bridgehead atoms. The molecule has 0 aliphatic heterocycles. The van der Waals surface area contributed by atoms with E-state index in [1.165, 1.54) is 0 Å². The Morgan fingerprint density at radius 2 is 1.89 bits per heavy atom. The number of aromatic amines is 1. The van der Waals surface area contributed by atoms with Crippen LogP contribution in [0.4, 0.5) is 0 Å². The lowest BCUT2D eigenvalue weighted by Crippen LogP contribution is -2.07. The van der Waals surface area contributed by atoms with Crippen LogP contribution in [0.1, 0.15) is 52.5 Å². The first-order chi connectivity index (χ1) is 12.9. The maximum absolute atomic E-state index is 11.0. The van der Waals surface area contributed by atoms with Gasteiger partial charge in [0, 0.05) is 12.5 Å². The van der Waals surface area contributed by atoms with Gasteiger partial charge in [0.1, 0.15) is 17.3 Å². The second-order valence-electron chi connectivity index (χ2n) is 5.83. The molecular formula is C18H21ClN2O6. The number of halogens is 1. The number of carbonyl (C=O) groups is 2. The third kappa shape index (κ3) is 5.89. The van der Waals surface area contributed by atoms with Crippen LogP contribution in [0.3, 0.4) is 0 Å². The molecule has 2 aromatic rings. The van der Waals surface area contributed by atoms with Gasteiger partial charge in [-0.1, -0.05) is 24.4 Å². The van der Waals surface area contributed by atoms with Crippen molar-refractivity contribution in [2.45, 2.75) is 32.1 Å². The largest absolute Gasteiger partial charge is 0.497 e. The van der Waals surface area contributed by atoms with Crippen molar-refractivity contribution in [3.05, 3.63) is 40.4 Å². The summed E-state index contributed by atoms with van der Waals surface area (Å²) >= 11 is 6.10. The van der Waals surface area contributed by atoms with Crippen molar-refractivity contribution >= 4 is 23.5 Å². The summed E-state index contributed by atoms with van der Waals surface area (Å²) in [5, 5.41) is 18.4. The highest BCUT2D eigenvalue weighted by atomic mass is 35.5. The molecule has 0 atom stereocenters. The molecule has 0 aliphatic rings. The average Bonchev–Trinajstić information content (AvgIpc) is 3.07. The van der Waals surface area contributed by atoms with Crippen LogP contribution in [0.15, 0.2) is 18.2 Å². The number of aromatic carboxylic acids is 2. The molecule has 0 spiro atoms. The quantitative estimate of drug-likeness (QED) is 0.495. The summed E-state index contributed by atoms with van der Waals surface area (Å²) in [4.78, 5) is 28.4. The minimum atomic E-state index is -1.36. The number of ether oxygens (including phenoxy) is 2. The fourth-order valence-electron chi connectivity index (χ4n) is 2.51. The van der Waals surface area contributed by atoms with E-state index in [0.717, 1.165) is 25.7 Å². The maximum Gasteiger partial charge on any atom is 0.357 e. The predicted molar refractivity (Wildman–Crippen MR) is 98.2 cm³/mol. The Morgan fingerprint density at radius 3 is 2.48 bits per heavy atom. The van der Waals surface area contributed by atoms with E-state index in [0.29, 0.717) is 35.4 Å². The zero-order valence-corrected chi connectivity index (χ0v) is 15.6. The van der Waals surface area contributed by atoms with Crippen molar-refractivity contribution < 1.29 is 29.3 Å². The monoisotopic (exact) mass is 396 g/mol. The van der Waals surface area contributed by atoms with Crippen molar-refractivity contribution in [1.82, 2.24) is 9.97 Å². The smallest absolute Gasteiger partial charge is 0.357 e. The number of imidazole rings is 1. The van der Waals surface area contributed by atoms with E-state index >= 15 is 0 Å². The zero-order chi connectivity index (χ0) is 19.8. The molecule has 1 aromatic carbocycles. The van der Waals surface area contributed by atoms with Crippen LogP contribution in [0.25, 0.3) is 0 Å². The van der Waals surface area contributed by atoms with Gasteiger partial charge in [-0.15, -0.1) is 0 Å². The first kappa shape index (κ1) is 20.6. The molecule has 0 unspecified atom stereocenters.